The first kappa shape index (κ1) is 15.1. The van der Waals surface area contributed by atoms with Crippen LogP contribution in [-0.2, 0) is 4.79 Å². The van der Waals surface area contributed by atoms with E-state index in [1.54, 1.807) is 18.2 Å². The van der Waals surface area contributed by atoms with Crippen LogP contribution < -0.4 is 0 Å². The molecule has 1 saturated carbocycles. The first-order valence-electron chi connectivity index (χ1n) is 8.27. The van der Waals surface area contributed by atoms with Gasteiger partial charge in [0, 0.05) is 24.9 Å². The minimum absolute atomic E-state index is 0.226. The van der Waals surface area contributed by atoms with E-state index in [2.05, 4.69) is 0 Å². The molecule has 22 heavy (non-hydrogen) atoms. The van der Waals surface area contributed by atoms with E-state index >= 15 is 0 Å². The molecule has 1 aliphatic carbocycles. The number of rotatable bonds is 3. The topological polar surface area (TPSA) is 57.6 Å². The molecule has 0 unspecified atom stereocenters. The fraction of sp³-hybridized carbons (Fsp3) is 0.556. The molecule has 0 radical (unpaired) electrons. The van der Waals surface area contributed by atoms with Crippen molar-refractivity contribution in [1.82, 2.24) is 4.90 Å². The maximum Gasteiger partial charge on any atom is 0.335 e. The van der Waals surface area contributed by atoms with Gasteiger partial charge in [-0.15, -0.1) is 0 Å². The van der Waals surface area contributed by atoms with Crippen molar-refractivity contribution in [3.8, 4) is 0 Å². The van der Waals surface area contributed by atoms with E-state index in [1.807, 2.05) is 11.0 Å². The number of carboxylic acid groups (broad SMARTS) is 1. The first-order valence-corrected chi connectivity index (χ1v) is 8.27. The average molecular weight is 301 g/mol. The second kappa shape index (κ2) is 6.51. The zero-order valence-electron chi connectivity index (χ0n) is 12.8. The number of carboxylic acids is 1. The van der Waals surface area contributed by atoms with E-state index in [1.165, 1.54) is 12.8 Å². The average Bonchev–Trinajstić information content (AvgIpc) is 3.09. The predicted molar refractivity (Wildman–Crippen MR) is 83.9 cm³/mol. The lowest BCUT2D eigenvalue weighted by molar-refractivity contribution is -0.136. The molecule has 3 rings (SSSR count). The van der Waals surface area contributed by atoms with Crippen LogP contribution >= 0.6 is 0 Å². The lowest BCUT2D eigenvalue weighted by Gasteiger charge is -2.34. The fourth-order valence-electron chi connectivity index (χ4n) is 3.81. The van der Waals surface area contributed by atoms with Gasteiger partial charge in [-0.2, -0.15) is 0 Å². The number of piperidine rings is 1. The summed E-state index contributed by atoms with van der Waals surface area (Å²) in [6.07, 6.45) is 6.45. The highest BCUT2D eigenvalue weighted by atomic mass is 16.4. The summed E-state index contributed by atoms with van der Waals surface area (Å²) >= 11 is 0. The Morgan fingerprint density at radius 3 is 2.59 bits per heavy atom. The molecule has 1 saturated heterocycles. The normalized spacial score (nSPS) is 22.7. The number of hydrogen-bond donors (Lipinski definition) is 1. The van der Waals surface area contributed by atoms with Gasteiger partial charge in [-0.1, -0.05) is 25.0 Å². The number of nitrogens with zero attached hydrogens (tertiary/aromatic N) is 1. The summed E-state index contributed by atoms with van der Waals surface area (Å²) in [7, 11) is 0. The largest absolute Gasteiger partial charge is 0.478 e. The van der Waals surface area contributed by atoms with Gasteiger partial charge in [-0.25, -0.2) is 4.79 Å². The van der Waals surface area contributed by atoms with Gasteiger partial charge in [0.05, 0.1) is 5.56 Å². The molecule has 4 nitrogen and oxygen atoms in total. The van der Waals surface area contributed by atoms with Crippen LogP contribution in [-0.4, -0.2) is 35.0 Å². The Morgan fingerprint density at radius 2 is 1.86 bits per heavy atom. The van der Waals surface area contributed by atoms with E-state index < -0.39 is 5.97 Å². The SMILES string of the molecule is O=C(O)c1cccc([C@H]2CCCN(C(=O)C3CCCC3)C2)c1. The Labute approximate surface area is 131 Å². The highest BCUT2D eigenvalue weighted by Gasteiger charge is 2.31. The number of benzene rings is 1. The minimum Gasteiger partial charge on any atom is -0.478 e. The quantitative estimate of drug-likeness (QED) is 0.932. The molecule has 0 aromatic heterocycles. The van der Waals surface area contributed by atoms with Gasteiger partial charge in [0.15, 0.2) is 0 Å². The number of carbonyl (C=O) groups is 2. The monoisotopic (exact) mass is 301 g/mol. The summed E-state index contributed by atoms with van der Waals surface area (Å²) in [5, 5.41) is 9.13. The zero-order valence-corrected chi connectivity index (χ0v) is 12.8. The van der Waals surface area contributed by atoms with Crippen molar-refractivity contribution in [2.45, 2.75) is 44.4 Å². The summed E-state index contributed by atoms with van der Waals surface area (Å²) in [6.45, 7) is 1.59. The zero-order chi connectivity index (χ0) is 15.5. The van der Waals surface area contributed by atoms with Crippen LogP contribution in [0.1, 0.15) is 60.4 Å². The lowest BCUT2D eigenvalue weighted by atomic mass is 9.89. The minimum atomic E-state index is -0.892. The van der Waals surface area contributed by atoms with Crippen molar-refractivity contribution < 1.29 is 14.7 Å². The standard InChI is InChI=1S/C18H23NO3/c20-17(13-5-1-2-6-13)19-10-4-9-16(12-19)14-7-3-8-15(11-14)18(21)22/h3,7-8,11,13,16H,1-2,4-6,9-10,12H2,(H,21,22)/t16-/m0/s1. The third-order valence-corrected chi connectivity index (χ3v) is 5.04. The maximum atomic E-state index is 12.6. The van der Waals surface area contributed by atoms with Crippen LogP contribution in [0.4, 0.5) is 0 Å². The molecule has 2 aliphatic rings. The Morgan fingerprint density at radius 1 is 1.09 bits per heavy atom. The van der Waals surface area contributed by atoms with Crippen LogP contribution in [0.2, 0.25) is 0 Å². The van der Waals surface area contributed by atoms with Crippen molar-refractivity contribution in [3.05, 3.63) is 35.4 Å². The molecule has 1 aromatic carbocycles. The van der Waals surface area contributed by atoms with Gasteiger partial charge in [-0.05, 0) is 43.4 Å². The number of hydrogen-bond acceptors (Lipinski definition) is 2. The predicted octanol–water partition coefficient (Wildman–Crippen LogP) is 3.28. The van der Waals surface area contributed by atoms with Crippen LogP contribution in [0.25, 0.3) is 0 Å². The van der Waals surface area contributed by atoms with Gasteiger partial charge >= 0.3 is 5.97 Å². The molecule has 1 amide bonds. The highest BCUT2D eigenvalue weighted by molar-refractivity contribution is 5.87. The van der Waals surface area contributed by atoms with Crippen LogP contribution in [0.15, 0.2) is 24.3 Å². The summed E-state index contributed by atoms with van der Waals surface area (Å²) in [5.41, 5.74) is 1.38. The second-order valence-electron chi connectivity index (χ2n) is 6.54. The van der Waals surface area contributed by atoms with E-state index in [0.717, 1.165) is 44.3 Å². The highest BCUT2D eigenvalue weighted by Crippen LogP contribution is 2.31. The Balaban J connectivity index is 1.71. The number of aromatic carboxylic acids is 1. The third kappa shape index (κ3) is 3.16. The molecule has 1 aliphatic heterocycles. The molecule has 0 bridgehead atoms. The first-order chi connectivity index (χ1) is 10.6. The van der Waals surface area contributed by atoms with E-state index in [-0.39, 0.29) is 11.8 Å². The van der Waals surface area contributed by atoms with Crippen molar-refractivity contribution >= 4 is 11.9 Å². The van der Waals surface area contributed by atoms with Crippen LogP contribution in [0.5, 0.6) is 0 Å². The van der Waals surface area contributed by atoms with Gasteiger partial charge in [0.2, 0.25) is 5.91 Å². The molecule has 2 fully saturated rings. The van der Waals surface area contributed by atoms with Gasteiger partial charge in [-0.3, -0.25) is 4.79 Å². The summed E-state index contributed by atoms with van der Waals surface area (Å²) in [6, 6.07) is 7.17. The molecule has 1 aromatic rings. The number of likely N-dealkylation sites (tertiary alicyclic amines) is 1. The van der Waals surface area contributed by atoms with Crippen molar-refractivity contribution in [2.75, 3.05) is 13.1 Å². The van der Waals surface area contributed by atoms with Gasteiger partial charge in [0.25, 0.3) is 0 Å². The summed E-state index contributed by atoms with van der Waals surface area (Å²) in [4.78, 5) is 25.7. The van der Waals surface area contributed by atoms with Crippen LogP contribution in [0.3, 0.4) is 0 Å². The molecule has 4 heteroatoms. The second-order valence-corrected chi connectivity index (χ2v) is 6.54. The smallest absolute Gasteiger partial charge is 0.335 e. The van der Waals surface area contributed by atoms with E-state index in [4.69, 9.17) is 5.11 Å². The van der Waals surface area contributed by atoms with Gasteiger partial charge < -0.3 is 10.0 Å². The molecular formula is C18H23NO3. The lowest BCUT2D eigenvalue weighted by Crippen LogP contribution is -2.41. The maximum absolute atomic E-state index is 12.6. The number of amides is 1. The number of carbonyl (C=O) groups excluding carboxylic acids is 1. The molecule has 1 atom stereocenters. The molecule has 1 heterocycles. The summed E-state index contributed by atoms with van der Waals surface area (Å²) < 4.78 is 0. The fourth-order valence-corrected chi connectivity index (χ4v) is 3.81. The van der Waals surface area contributed by atoms with Gasteiger partial charge in [0.1, 0.15) is 0 Å². The molecule has 1 N–H and O–H groups in total. The van der Waals surface area contributed by atoms with Crippen LogP contribution in [0, 0.1) is 5.92 Å². The Kier molecular flexibility index (Phi) is 4.46. The molecule has 0 spiro atoms. The van der Waals surface area contributed by atoms with E-state index in [9.17, 15) is 9.59 Å². The third-order valence-electron chi connectivity index (χ3n) is 5.04. The molecule has 118 valence electrons. The van der Waals surface area contributed by atoms with Crippen molar-refractivity contribution in [2.24, 2.45) is 5.92 Å². The van der Waals surface area contributed by atoms with Crippen molar-refractivity contribution in [1.29, 1.82) is 0 Å². The van der Waals surface area contributed by atoms with E-state index in [0.29, 0.717) is 11.5 Å². The Hall–Kier alpha value is -1.84. The Bertz CT molecular complexity index is 563. The van der Waals surface area contributed by atoms with Crippen molar-refractivity contribution in [3.63, 3.8) is 0 Å². The molecular weight excluding hydrogens is 278 g/mol. The summed E-state index contributed by atoms with van der Waals surface area (Å²) in [5.74, 6) is -0.0874.